The summed E-state index contributed by atoms with van der Waals surface area (Å²) in [6.45, 7) is 1.08. The number of carboxylic acids is 1. The lowest BCUT2D eigenvalue weighted by atomic mass is 10.0. The van der Waals surface area contributed by atoms with E-state index >= 15 is 0 Å². The molecule has 8 nitrogen and oxygen atoms in total. The number of ether oxygens (including phenoxy) is 1. The van der Waals surface area contributed by atoms with Crippen molar-refractivity contribution in [1.82, 2.24) is 10.0 Å². The topological polar surface area (TPSA) is 122 Å². The third-order valence-corrected chi connectivity index (χ3v) is 5.12. The highest BCUT2D eigenvalue weighted by atomic mass is 32.2. The van der Waals surface area contributed by atoms with Gasteiger partial charge in [-0.2, -0.15) is 0 Å². The van der Waals surface area contributed by atoms with Gasteiger partial charge in [-0.3, -0.25) is 4.79 Å². The number of methoxy groups -OCH3 is 1. The van der Waals surface area contributed by atoms with Crippen molar-refractivity contribution >= 4 is 21.9 Å². The number of sulfonamides is 1. The average Bonchev–Trinajstić information content (AvgIpc) is 3.30. The monoisotopic (exact) mass is 356 g/mol. The van der Waals surface area contributed by atoms with Crippen LogP contribution >= 0.6 is 0 Å². The number of hydrogen-bond acceptors (Lipinski definition) is 5. The van der Waals surface area contributed by atoms with E-state index < -0.39 is 27.4 Å². The molecule has 1 saturated carbocycles. The number of benzene rings is 1. The Labute approximate surface area is 140 Å². The fourth-order valence-electron chi connectivity index (χ4n) is 2.06. The Morgan fingerprint density at radius 2 is 2.04 bits per heavy atom. The van der Waals surface area contributed by atoms with Gasteiger partial charge in [-0.15, -0.1) is 0 Å². The molecule has 1 aliphatic rings. The second kappa shape index (κ2) is 6.88. The van der Waals surface area contributed by atoms with E-state index in [1.807, 2.05) is 0 Å². The zero-order valence-corrected chi connectivity index (χ0v) is 14.2. The van der Waals surface area contributed by atoms with Crippen LogP contribution in [0, 0.1) is 0 Å². The highest BCUT2D eigenvalue weighted by molar-refractivity contribution is 7.89. The first-order valence-electron chi connectivity index (χ1n) is 7.35. The number of hydrogen-bond donors (Lipinski definition) is 3. The van der Waals surface area contributed by atoms with Crippen molar-refractivity contribution in [2.24, 2.45) is 0 Å². The molecule has 1 fully saturated rings. The molecule has 0 aromatic heterocycles. The second-order valence-electron chi connectivity index (χ2n) is 5.95. The highest BCUT2D eigenvalue weighted by Crippen LogP contribution is 2.22. The lowest BCUT2D eigenvalue weighted by Gasteiger charge is -2.25. The van der Waals surface area contributed by atoms with E-state index in [1.165, 1.54) is 38.3 Å². The van der Waals surface area contributed by atoms with Gasteiger partial charge < -0.3 is 15.2 Å². The smallest absolute Gasteiger partial charge is 0.331 e. The van der Waals surface area contributed by atoms with Gasteiger partial charge in [0.1, 0.15) is 0 Å². The van der Waals surface area contributed by atoms with E-state index in [0.29, 0.717) is 0 Å². The Bertz CT molecular complexity index is 744. The van der Waals surface area contributed by atoms with Crippen molar-refractivity contribution in [3.05, 3.63) is 29.8 Å². The molecule has 3 N–H and O–H groups in total. The quantitative estimate of drug-likeness (QED) is 0.618. The molecule has 1 aliphatic carbocycles. The maximum Gasteiger partial charge on any atom is 0.331 e. The van der Waals surface area contributed by atoms with Gasteiger partial charge in [0, 0.05) is 18.7 Å². The van der Waals surface area contributed by atoms with Gasteiger partial charge in [-0.1, -0.05) is 6.07 Å². The summed E-state index contributed by atoms with van der Waals surface area (Å²) in [4.78, 5) is 23.6. The van der Waals surface area contributed by atoms with Crippen LogP contribution in [0.2, 0.25) is 0 Å². The average molecular weight is 356 g/mol. The molecule has 0 heterocycles. The summed E-state index contributed by atoms with van der Waals surface area (Å²) in [7, 11) is -2.37. The molecular weight excluding hydrogens is 336 g/mol. The molecule has 0 spiro atoms. The summed E-state index contributed by atoms with van der Waals surface area (Å²) in [5.74, 6) is -1.95. The van der Waals surface area contributed by atoms with E-state index in [-0.39, 0.29) is 23.1 Å². The van der Waals surface area contributed by atoms with Gasteiger partial charge >= 0.3 is 5.97 Å². The largest absolute Gasteiger partial charge is 0.479 e. The molecule has 1 unspecified atom stereocenters. The van der Waals surface area contributed by atoms with E-state index in [1.54, 1.807) is 0 Å². The lowest BCUT2D eigenvalue weighted by Crippen LogP contribution is -2.55. The lowest BCUT2D eigenvalue weighted by molar-refractivity contribution is -0.145. The van der Waals surface area contributed by atoms with Gasteiger partial charge in [0.05, 0.1) is 11.5 Å². The van der Waals surface area contributed by atoms with Crippen molar-refractivity contribution in [1.29, 1.82) is 0 Å². The van der Waals surface area contributed by atoms with E-state index in [0.717, 1.165) is 12.8 Å². The van der Waals surface area contributed by atoms with Gasteiger partial charge in [0.15, 0.2) is 5.54 Å². The van der Waals surface area contributed by atoms with Crippen LogP contribution in [0.25, 0.3) is 0 Å². The Morgan fingerprint density at radius 1 is 1.38 bits per heavy atom. The Hall–Kier alpha value is -1.97. The minimum Gasteiger partial charge on any atom is -0.479 e. The number of amides is 1. The highest BCUT2D eigenvalue weighted by Gasteiger charge is 2.35. The number of rotatable bonds is 8. The summed E-state index contributed by atoms with van der Waals surface area (Å²) in [6, 6.07) is 5.40. The number of carboxylic acid groups (broad SMARTS) is 1. The fraction of sp³-hybridized carbons (Fsp3) is 0.467. The molecule has 1 aromatic rings. The number of nitrogens with one attached hydrogen (secondary N) is 2. The molecule has 2 rings (SSSR count). The molecule has 0 aliphatic heterocycles. The van der Waals surface area contributed by atoms with Gasteiger partial charge in [0.25, 0.3) is 5.91 Å². The van der Waals surface area contributed by atoms with Crippen molar-refractivity contribution in [2.75, 3.05) is 13.7 Å². The number of carbonyl (C=O) groups excluding carboxylic acids is 1. The van der Waals surface area contributed by atoms with Gasteiger partial charge in [0.2, 0.25) is 10.0 Å². The maximum absolute atomic E-state index is 12.3. The van der Waals surface area contributed by atoms with Gasteiger partial charge in [-0.25, -0.2) is 17.9 Å². The Balaban J connectivity index is 2.21. The van der Waals surface area contributed by atoms with Crippen LogP contribution in [0.15, 0.2) is 29.2 Å². The SMILES string of the molecule is COCC(C)(NC(=O)c1cccc(S(=O)(=O)NC2CC2)c1)C(=O)O. The summed E-state index contributed by atoms with van der Waals surface area (Å²) >= 11 is 0. The first-order chi connectivity index (χ1) is 11.2. The molecule has 9 heteroatoms. The first-order valence-corrected chi connectivity index (χ1v) is 8.83. The molecule has 132 valence electrons. The van der Waals surface area contributed by atoms with Crippen LogP contribution in [-0.2, 0) is 19.6 Å². The first kappa shape index (κ1) is 18.4. The molecule has 0 bridgehead atoms. The van der Waals surface area contributed by atoms with Gasteiger partial charge in [-0.05, 0) is 38.0 Å². The van der Waals surface area contributed by atoms with Crippen LogP contribution in [0.5, 0.6) is 0 Å². The fourth-order valence-corrected chi connectivity index (χ4v) is 3.41. The Morgan fingerprint density at radius 3 is 2.58 bits per heavy atom. The normalized spacial score (nSPS) is 17.1. The Kier molecular flexibility index (Phi) is 5.26. The molecule has 1 amide bonds. The minimum atomic E-state index is -3.69. The summed E-state index contributed by atoms with van der Waals surface area (Å²) in [5, 5.41) is 11.6. The van der Waals surface area contributed by atoms with Crippen LogP contribution in [0.3, 0.4) is 0 Å². The number of carbonyl (C=O) groups is 2. The van der Waals surface area contributed by atoms with Crippen molar-refractivity contribution in [2.45, 2.75) is 36.2 Å². The molecule has 0 radical (unpaired) electrons. The molecular formula is C15H20N2O6S. The summed E-state index contributed by atoms with van der Waals surface area (Å²) < 4.78 is 31.8. The summed E-state index contributed by atoms with van der Waals surface area (Å²) in [5.41, 5.74) is -1.57. The second-order valence-corrected chi connectivity index (χ2v) is 7.66. The molecule has 0 saturated heterocycles. The molecule has 24 heavy (non-hydrogen) atoms. The third kappa shape index (κ3) is 4.31. The van der Waals surface area contributed by atoms with Crippen molar-refractivity contribution < 1.29 is 27.9 Å². The van der Waals surface area contributed by atoms with Crippen LogP contribution in [-0.4, -0.2) is 50.7 Å². The zero-order chi connectivity index (χ0) is 18.0. The predicted molar refractivity (Wildman–Crippen MR) is 85.2 cm³/mol. The van der Waals surface area contributed by atoms with Crippen molar-refractivity contribution in [3.8, 4) is 0 Å². The van der Waals surface area contributed by atoms with E-state index in [4.69, 9.17) is 4.74 Å². The molecule has 1 atom stereocenters. The van der Waals surface area contributed by atoms with Crippen LogP contribution in [0.4, 0.5) is 0 Å². The number of aliphatic carboxylic acids is 1. The van der Waals surface area contributed by atoms with Crippen LogP contribution in [0.1, 0.15) is 30.1 Å². The molecule has 1 aromatic carbocycles. The zero-order valence-electron chi connectivity index (χ0n) is 13.4. The standard InChI is InChI=1S/C15H20N2O6S/c1-15(9-23-2,14(19)20)16-13(18)10-4-3-5-12(8-10)24(21,22)17-11-6-7-11/h3-5,8,11,17H,6-7,9H2,1-2H3,(H,16,18)(H,19,20). The maximum atomic E-state index is 12.3. The van der Waals surface area contributed by atoms with E-state index in [9.17, 15) is 23.1 Å². The van der Waals surface area contributed by atoms with Crippen molar-refractivity contribution in [3.63, 3.8) is 0 Å². The third-order valence-electron chi connectivity index (χ3n) is 3.60. The summed E-state index contributed by atoms with van der Waals surface area (Å²) in [6.07, 6.45) is 1.60. The minimum absolute atomic E-state index is 0.0363. The van der Waals surface area contributed by atoms with Crippen LogP contribution < -0.4 is 10.0 Å². The van der Waals surface area contributed by atoms with E-state index in [2.05, 4.69) is 10.0 Å². The predicted octanol–water partition coefficient (Wildman–Crippen LogP) is 0.347.